The van der Waals surface area contributed by atoms with Crippen molar-refractivity contribution in [2.75, 3.05) is 0 Å². The zero-order chi connectivity index (χ0) is 7.15. The minimum atomic E-state index is -3.13. The molecule has 0 bridgehead atoms. The van der Waals surface area contributed by atoms with Crippen molar-refractivity contribution >= 4 is 53.1 Å². The molecule has 0 rings (SSSR count). The van der Waals surface area contributed by atoms with Gasteiger partial charge in [0.25, 0.3) is 0 Å². The van der Waals surface area contributed by atoms with Gasteiger partial charge in [-0.2, -0.15) is 0 Å². The van der Waals surface area contributed by atoms with E-state index in [-0.39, 0.29) is 37.7 Å². The van der Waals surface area contributed by atoms with E-state index in [1.807, 2.05) is 0 Å². The number of carbonyl (C=O) groups is 1. The van der Waals surface area contributed by atoms with Crippen molar-refractivity contribution in [1.82, 2.24) is 0 Å². The molecule has 0 aromatic carbocycles. The van der Waals surface area contributed by atoms with E-state index in [2.05, 4.69) is 0 Å². The molecular weight excluding hydrogens is 176 g/mol. The second kappa shape index (κ2) is 11.0. The minimum absolute atomic E-state index is 0. The van der Waals surface area contributed by atoms with E-state index >= 15 is 0 Å². The van der Waals surface area contributed by atoms with Gasteiger partial charge in [0.1, 0.15) is 0 Å². The zero-order valence-electron chi connectivity index (χ0n) is 3.61. The summed E-state index contributed by atoms with van der Waals surface area (Å²) in [6, 6.07) is 0. The first kappa shape index (κ1) is 16.1. The fourth-order valence-electron chi connectivity index (χ4n) is 0. The predicted octanol–water partition coefficient (Wildman–Crippen LogP) is -2.31. The Balaban J connectivity index is -0.0000000720. The van der Waals surface area contributed by atoms with Crippen molar-refractivity contribution in [3.63, 3.8) is 0 Å². The van der Waals surface area contributed by atoms with Gasteiger partial charge in [-0.05, 0) is 0 Å². The van der Waals surface area contributed by atoms with Crippen LogP contribution in [-0.4, -0.2) is 72.9 Å². The van der Waals surface area contributed by atoms with Gasteiger partial charge in [0.2, 0.25) is 0 Å². The summed E-state index contributed by atoms with van der Waals surface area (Å²) in [7, 11) is -3.13. The Morgan fingerprint density at radius 2 is 1.22 bits per heavy atom. The molecule has 0 aromatic rings. The van der Waals surface area contributed by atoms with Gasteiger partial charge in [0, 0.05) is 0 Å². The number of carboxylic acid groups (broad SMARTS) is 2. The van der Waals surface area contributed by atoms with Crippen LogP contribution in [0.3, 0.4) is 0 Å². The monoisotopic (exact) mass is 182 g/mol. The second-order valence-corrected chi connectivity index (χ2v) is 1.13. The molecule has 52 valence electrons. The molecule has 8 heteroatoms. The van der Waals surface area contributed by atoms with E-state index in [9.17, 15) is 0 Å². The molecule has 4 N–H and O–H groups in total. The van der Waals surface area contributed by atoms with Crippen LogP contribution in [0.15, 0.2) is 0 Å². The molecule has 0 aromatic heterocycles. The summed E-state index contributed by atoms with van der Waals surface area (Å²) in [6.45, 7) is 0. The SMILES string of the molecule is O=C(O)O.O=[Si](O)O.[CaH2]. The normalized spacial score (nSPS) is 5.33. The van der Waals surface area contributed by atoms with E-state index in [4.69, 9.17) is 29.1 Å². The molecule has 0 aliphatic rings. The van der Waals surface area contributed by atoms with Crippen LogP contribution >= 0.6 is 0 Å². The maximum absolute atomic E-state index is 8.74. The Labute approximate surface area is 81.7 Å². The summed E-state index contributed by atoms with van der Waals surface area (Å²) in [5.41, 5.74) is 0. The molecule has 0 fully saturated rings. The fraction of sp³-hybridized carbons (Fsp3) is 0. The third kappa shape index (κ3) is 14300. The average molecular weight is 182 g/mol. The van der Waals surface area contributed by atoms with Gasteiger partial charge in [-0.1, -0.05) is 0 Å². The van der Waals surface area contributed by atoms with Gasteiger partial charge >= 0.3 is 53.1 Å². The fourth-order valence-corrected chi connectivity index (χ4v) is 0. The summed E-state index contributed by atoms with van der Waals surface area (Å²) >= 11 is 0. The summed E-state index contributed by atoms with van der Waals surface area (Å²) < 4.78 is 8.74. The van der Waals surface area contributed by atoms with Crippen molar-refractivity contribution in [2.45, 2.75) is 0 Å². The van der Waals surface area contributed by atoms with Crippen LogP contribution in [0.5, 0.6) is 0 Å². The van der Waals surface area contributed by atoms with Crippen molar-refractivity contribution in [1.29, 1.82) is 0 Å². The molecular formula is CH6CaO6Si. The second-order valence-electron chi connectivity index (χ2n) is 0.565. The first-order chi connectivity index (χ1) is 3.46. The summed E-state index contributed by atoms with van der Waals surface area (Å²) in [5.74, 6) is 0. The molecule has 0 radical (unpaired) electrons. The molecule has 0 saturated heterocycles. The van der Waals surface area contributed by atoms with Crippen molar-refractivity contribution in [2.24, 2.45) is 0 Å². The van der Waals surface area contributed by atoms with Gasteiger partial charge < -0.3 is 19.8 Å². The molecule has 0 atom stereocenters. The zero-order valence-corrected chi connectivity index (χ0v) is 4.61. The van der Waals surface area contributed by atoms with Crippen LogP contribution in [-0.2, 0) is 4.46 Å². The Morgan fingerprint density at radius 3 is 1.22 bits per heavy atom. The Morgan fingerprint density at radius 1 is 1.22 bits per heavy atom. The first-order valence-electron chi connectivity index (χ1n) is 1.30. The van der Waals surface area contributed by atoms with E-state index in [1.54, 1.807) is 0 Å². The Bertz CT molecular complexity index is 71.1. The molecule has 0 saturated carbocycles. The van der Waals surface area contributed by atoms with E-state index in [1.165, 1.54) is 0 Å². The van der Waals surface area contributed by atoms with Gasteiger partial charge in [0.05, 0.1) is 0 Å². The van der Waals surface area contributed by atoms with Gasteiger partial charge in [0.15, 0.2) is 0 Å². The standard InChI is InChI=1S/CH2O3.Ca.H2O3Si.2H/c2-1(3)4;;1-4(2)3;;/h(H2,2,3,4);;1-2H;;. The molecule has 0 spiro atoms. The quantitative estimate of drug-likeness (QED) is 0.313. The predicted molar refractivity (Wildman–Crippen MR) is 30.1 cm³/mol. The third-order valence-electron chi connectivity index (χ3n) is 0. The molecule has 0 aliphatic carbocycles. The summed E-state index contributed by atoms with van der Waals surface area (Å²) in [5, 5.41) is 13.9. The molecule has 6 nitrogen and oxygen atoms in total. The summed E-state index contributed by atoms with van der Waals surface area (Å²) in [4.78, 5) is 22.9. The maximum atomic E-state index is 8.74. The third-order valence-corrected chi connectivity index (χ3v) is 0. The van der Waals surface area contributed by atoms with E-state index < -0.39 is 15.3 Å². The number of hydrogen-bond donors (Lipinski definition) is 4. The van der Waals surface area contributed by atoms with E-state index in [0.29, 0.717) is 0 Å². The van der Waals surface area contributed by atoms with Crippen molar-refractivity contribution in [3.05, 3.63) is 0 Å². The van der Waals surface area contributed by atoms with Crippen LogP contribution < -0.4 is 0 Å². The Kier molecular flexibility index (Phi) is 19.7. The van der Waals surface area contributed by atoms with Crippen LogP contribution in [0.25, 0.3) is 0 Å². The molecule has 9 heavy (non-hydrogen) atoms. The Hall–Kier alpha value is 0.147. The van der Waals surface area contributed by atoms with Crippen molar-refractivity contribution in [3.8, 4) is 0 Å². The molecule has 0 aliphatic heterocycles. The van der Waals surface area contributed by atoms with Crippen LogP contribution in [0.2, 0.25) is 0 Å². The van der Waals surface area contributed by atoms with Crippen LogP contribution in [0, 0.1) is 0 Å². The topological polar surface area (TPSA) is 115 Å². The number of rotatable bonds is 0. The van der Waals surface area contributed by atoms with Crippen molar-refractivity contribution < 1.29 is 29.1 Å². The molecule has 0 unspecified atom stereocenters. The van der Waals surface area contributed by atoms with Gasteiger partial charge in [-0.3, -0.25) is 4.46 Å². The molecule has 0 heterocycles. The van der Waals surface area contributed by atoms with Gasteiger partial charge in [-0.25, -0.2) is 4.79 Å². The van der Waals surface area contributed by atoms with Gasteiger partial charge in [-0.15, -0.1) is 0 Å². The van der Waals surface area contributed by atoms with E-state index in [0.717, 1.165) is 0 Å². The number of hydrogen-bond acceptors (Lipinski definition) is 2. The average Bonchev–Trinajstić information content (AvgIpc) is 1.25. The van der Waals surface area contributed by atoms with Crippen LogP contribution in [0.4, 0.5) is 4.79 Å². The first-order valence-corrected chi connectivity index (χ1v) is 2.61. The van der Waals surface area contributed by atoms with Crippen LogP contribution in [0.1, 0.15) is 0 Å². The summed E-state index contributed by atoms with van der Waals surface area (Å²) in [6.07, 6.45) is -1.83. The molecule has 0 amide bonds.